The summed E-state index contributed by atoms with van der Waals surface area (Å²) in [6.07, 6.45) is 4.25. The van der Waals surface area contributed by atoms with Gasteiger partial charge in [-0.2, -0.15) is 5.26 Å². The molecule has 6 nitrogen and oxygen atoms in total. The van der Waals surface area contributed by atoms with Crippen molar-refractivity contribution < 1.29 is 17.9 Å². The molecular formula is C15H18N2O4S. The van der Waals surface area contributed by atoms with Crippen molar-refractivity contribution in [3.05, 3.63) is 24.3 Å². The van der Waals surface area contributed by atoms with Gasteiger partial charge in [-0.1, -0.05) is 6.07 Å². The summed E-state index contributed by atoms with van der Waals surface area (Å²) in [6.45, 7) is -0.253. The van der Waals surface area contributed by atoms with E-state index in [4.69, 9.17) is 4.74 Å². The van der Waals surface area contributed by atoms with E-state index in [-0.39, 0.29) is 17.4 Å². The van der Waals surface area contributed by atoms with Crippen LogP contribution in [0.25, 0.3) is 0 Å². The minimum atomic E-state index is -3.32. The molecule has 0 aliphatic heterocycles. The van der Waals surface area contributed by atoms with Crippen molar-refractivity contribution in [1.29, 1.82) is 5.26 Å². The van der Waals surface area contributed by atoms with Crippen LogP contribution in [0.1, 0.15) is 25.7 Å². The summed E-state index contributed by atoms with van der Waals surface area (Å²) in [5.41, 5.74) is -0.783. The number of hydrogen-bond acceptors (Lipinski definition) is 5. The fourth-order valence-electron chi connectivity index (χ4n) is 2.49. The molecule has 0 radical (unpaired) electrons. The second-order valence-corrected chi connectivity index (χ2v) is 7.50. The fourth-order valence-corrected chi connectivity index (χ4v) is 3.15. The number of rotatable bonds is 5. The molecule has 1 aromatic carbocycles. The molecule has 0 unspecified atom stereocenters. The molecule has 1 saturated carbocycles. The second kappa shape index (κ2) is 6.36. The summed E-state index contributed by atoms with van der Waals surface area (Å²) in [5, 5.41) is 11.9. The van der Waals surface area contributed by atoms with Gasteiger partial charge in [0.05, 0.1) is 11.0 Å². The number of ether oxygens (including phenoxy) is 1. The van der Waals surface area contributed by atoms with E-state index < -0.39 is 15.4 Å². The Morgan fingerprint density at radius 2 is 2.09 bits per heavy atom. The van der Waals surface area contributed by atoms with Crippen LogP contribution in [0.5, 0.6) is 5.75 Å². The van der Waals surface area contributed by atoms with Gasteiger partial charge in [0.15, 0.2) is 16.4 Å². The molecule has 118 valence electrons. The molecule has 1 aliphatic rings. The molecule has 0 saturated heterocycles. The molecule has 22 heavy (non-hydrogen) atoms. The van der Waals surface area contributed by atoms with Gasteiger partial charge >= 0.3 is 0 Å². The molecule has 7 heteroatoms. The molecule has 1 aromatic rings. The topological polar surface area (TPSA) is 96.3 Å². The highest BCUT2D eigenvalue weighted by atomic mass is 32.2. The molecule has 1 N–H and O–H groups in total. The zero-order valence-corrected chi connectivity index (χ0v) is 13.1. The lowest BCUT2D eigenvalue weighted by Crippen LogP contribution is -2.47. The van der Waals surface area contributed by atoms with Gasteiger partial charge < -0.3 is 10.1 Å². The monoisotopic (exact) mass is 322 g/mol. The van der Waals surface area contributed by atoms with E-state index in [9.17, 15) is 18.5 Å². The summed E-state index contributed by atoms with van der Waals surface area (Å²) in [4.78, 5) is 12.0. The van der Waals surface area contributed by atoms with E-state index in [2.05, 4.69) is 11.4 Å². The van der Waals surface area contributed by atoms with Crippen molar-refractivity contribution in [2.24, 2.45) is 0 Å². The van der Waals surface area contributed by atoms with Gasteiger partial charge in [0.1, 0.15) is 11.3 Å². The Morgan fingerprint density at radius 3 is 2.68 bits per heavy atom. The number of hydrogen-bond donors (Lipinski definition) is 1. The number of nitriles is 1. The Labute approximate surface area is 130 Å². The first-order chi connectivity index (χ1) is 10.3. The summed E-state index contributed by atoms with van der Waals surface area (Å²) in [6, 6.07) is 8.14. The largest absolute Gasteiger partial charge is 0.484 e. The van der Waals surface area contributed by atoms with E-state index >= 15 is 0 Å². The third-order valence-corrected chi connectivity index (χ3v) is 4.76. The van der Waals surface area contributed by atoms with Crippen LogP contribution in [0.15, 0.2) is 29.2 Å². The maximum Gasteiger partial charge on any atom is 0.259 e. The minimum Gasteiger partial charge on any atom is -0.484 e. The van der Waals surface area contributed by atoms with Crippen LogP contribution >= 0.6 is 0 Å². The molecule has 1 aliphatic carbocycles. The number of carbonyl (C=O) groups excluding carboxylic acids is 1. The van der Waals surface area contributed by atoms with E-state index in [1.807, 2.05) is 0 Å². The first kappa shape index (κ1) is 16.3. The van der Waals surface area contributed by atoms with Crippen molar-refractivity contribution in [3.8, 4) is 11.8 Å². The Balaban J connectivity index is 1.96. The number of sulfone groups is 1. The fraction of sp³-hybridized carbons (Fsp3) is 0.467. The summed E-state index contributed by atoms with van der Waals surface area (Å²) < 4.78 is 28.2. The van der Waals surface area contributed by atoms with Gasteiger partial charge in [-0.05, 0) is 43.9 Å². The van der Waals surface area contributed by atoms with Crippen molar-refractivity contribution in [2.75, 3.05) is 12.9 Å². The molecule has 1 fully saturated rings. The molecule has 0 heterocycles. The average molecular weight is 322 g/mol. The highest BCUT2D eigenvalue weighted by Gasteiger charge is 2.35. The first-order valence-electron chi connectivity index (χ1n) is 7.00. The molecule has 0 aromatic heterocycles. The predicted molar refractivity (Wildman–Crippen MR) is 80.0 cm³/mol. The van der Waals surface area contributed by atoms with Crippen molar-refractivity contribution >= 4 is 15.7 Å². The van der Waals surface area contributed by atoms with E-state index in [1.165, 1.54) is 12.1 Å². The molecule has 0 spiro atoms. The SMILES string of the molecule is CS(=O)(=O)c1cccc(OCC(=O)NC2(C#N)CCCC2)c1. The van der Waals surface area contributed by atoms with E-state index in [0.717, 1.165) is 19.1 Å². The van der Waals surface area contributed by atoms with Crippen LogP contribution in [0.4, 0.5) is 0 Å². The molecule has 0 atom stereocenters. The Hall–Kier alpha value is -2.07. The molecule has 0 bridgehead atoms. The lowest BCUT2D eigenvalue weighted by atomic mass is 10.00. The molecular weight excluding hydrogens is 304 g/mol. The highest BCUT2D eigenvalue weighted by Crippen LogP contribution is 2.28. The van der Waals surface area contributed by atoms with E-state index in [1.54, 1.807) is 12.1 Å². The number of nitrogens with one attached hydrogen (secondary N) is 1. The Bertz CT molecular complexity index is 700. The van der Waals surface area contributed by atoms with Crippen molar-refractivity contribution in [1.82, 2.24) is 5.32 Å². The van der Waals surface area contributed by atoms with Gasteiger partial charge in [0.2, 0.25) is 0 Å². The summed E-state index contributed by atoms with van der Waals surface area (Å²) in [7, 11) is -3.32. The first-order valence-corrected chi connectivity index (χ1v) is 8.89. The van der Waals surface area contributed by atoms with Gasteiger partial charge in [-0.25, -0.2) is 8.42 Å². The van der Waals surface area contributed by atoms with Crippen LogP contribution in [0.2, 0.25) is 0 Å². The third kappa shape index (κ3) is 3.98. The predicted octanol–water partition coefficient (Wildman–Crippen LogP) is 1.42. The van der Waals surface area contributed by atoms with Crippen molar-refractivity contribution in [2.45, 2.75) is 36.1 Å². The minimum absolute atomic E-state index is 0.134. The number of benzene rings is 1. The standard InChI is InChI=1S/C15H18N2O4S/c1-22(19,20)13-6-4-5-12(9-13)21-10-14(18)17-15(11-16)7-2-3-8-15/h4-6,9H,2-3,7-8,10H2,1H3,(H,17,18). The number of nitrogens with zero attached hydrogens (tertiary/aromatic N) is 1. The van der Waals surface area contributed by atoms with Crippen LogP contribution < -0.4 is 10.1 Å². The normalized spacial score (nSPS) is 16.7. The average Bonchev–Trinajstić information content (AvgIpc) is 2.94. The van der Waals surface area contributed by atoms with Gasteiger partial charge in [0.25, 0.3) is 5.91 Å². The second-order valence-electron chi connectivity index (χ2n) is 5.48. The maximum atomic E-state index is 11.9. The highest BCUT2D eigenvalue weighted by molar-refractivity contribution is 7.90. The van der Waals surface area contributed by atoms with Gasteiger partial charge in [-0.3, -0.25) is 4.79 Å². The lowest BCUT2D eigenvalue weighted by Gasteiger charge is -2.21. The molecule has 1 amide bonds. The quantitative estimate of drug-likeness (QED) is 0.884. The van der Waals surface area contributed by atoms with Gasteiger partial charge in [-0.15, -0.1) is 0 Å². The van der Waals surface area contributed by atoms with Crippen LogP contribution in [0, 0.1) is 11.3 Å². The zero-order chi connectivity index (χ0) is 16.2. The third-order valence-electron chi connectivity index (χ3n) is 3.65. The number of carbonyl (C=O) groups is 1. The Kier molecular flexibility index (Phi) is 4.71. The van der Waals surface area contributed by atoms with E-state index in [0.29, 0.717) is 18.6 Å². The Morgan fingerprint density at radius 1 is 1.41 bits per heavy atom. The summed E-state index contributed by atoms with van der Waals surface area (Å²) in [5.74, 6) is -0.0799. The lowest BCUT2D eigenvalue weighted by molar-refractivity contribution is -0.124. The van der Waals surface area contributed by atoms with Crippen LogP contribution in [-0.2, 0) is 14.6 Å². The van der Waals surface area contributed by atoms with Crippen LogP contribution in [-0.4, -0.2) is 32.7 Å². The number of amides is 1. The maximum absolute atomic E-state index is 11.9. The zero-order valence-electron chi connectivity index (χ0n) is 12.3. The van der Waals surface area contributed by atoms with Crippen LogP contribution in [0.3, 0.4) is 0 Å². The van der Waals surface area contributed by atoms with Gasteiger partial charge in [0, 0.05) is 6.26 Å². The van der Waals surface area contributed by atoms with Crippen molar-refractivity contribution in [3.63, 3.8) is 0 Å². The smallest absolute Gasteiger partial charge is 0.259 e. The molecule has 2 rings (SSSR count). The summed E-state index contributed by atoms with van der Waals surface area (Å²) >= 11 is 0.